The topological polar surface area (TPSA) is 60.9 Å². The van der Waals surface area contributed by atoms with Gasteiger partial charge in [0.1, 0.15) is 5.65 Å². The van der Waals surface area contributed by atoms with Gasteiger partial charge in [0, 0.05) is 17.8 Å². The van der Waals surface area contributed by atoms with E-state index in [-0.39, 0.29) is 21.2 Å². The van der Waals surface area contributed by atoms with Crippen molar-refractivity contribution >= 4 is 16.9 Å². The van der Waals surface area contributed by atoms with Crippen LogP contribution >= 0.6 is 0 Å². The van der Waals surface area contributed by atoms with Crippen molar-refractivity contribution in [1.82, 2.24) is 9.55 Å². The lowest BCUT2D eigenvalue weighted by Gasteiger charge is -2.07. The largest absolute Gasteiger partial charge is 0.490 e. The number of halogens is 3. The van der Waals surface area contributed by atoms with E-state index >= 15 is 0 Å². The molecule has 2 aromatic heterocycles. The summed E-state index contributed by atoms with van der Waals surface area (Å²) in [6.45, 7) is 0. The fraction of sp³-hybridized carbons (Fsp3) is 0.111. The number of hydrogen-bond acceptors (Lipinski definition) is 2. The molecule has 0 aromatic carbocycles. The second-order valence-corrected chi connectivity index (χ2v) is 3.12. The average Bonchev–Trinajstić information content (AvgIpc) is 2.56. The molecule has 2 N–H and O–H groups in total. The van der Waals surface area contributed by atoms with Crippen LogP contribution < -0.4 is 5.73 Å². The quantitative estimate of drug-likeness (QED) is 0.807. The van der Waals surface area contributed by atoms with E-state index in [4.69, 9.17) is 5.73 Å². The number of carbonyl (C=O) groups is 1. The Bertz CT molecular complexity index is 559. The standard InChI is InChI=1S/C9H6F3N3O/c10-9(11,12)15-4-6(7(13)16)5-2-1-3-14-8(5)15/h1-4H,(H2,13,16). The van der Waals surface area contributed by atoms with Gasteiger partial charge in [-0.3, -0.25) is 4.79 Å². The Kier molecular flexibility index (Phi) is 2.11. The fourth-order valence-electron chi connectivity index (χ4n) is 1.45. The van der Waals surface area contributed by atoms with Crippen molar-refractivity contribution in [1.29, 1.82) is 0 Å². The zero-order chi connectivity index (χ0) is 11.9. The summed E-state index contributed by atoms with van der Waals surface area (Å²) in [5, 5.41) is 0.0901. The summed E-state index contributed by atoms with van der Waals surface area (Å²) in [5.74, 6) is -0.916. The number of hydrogen-bond donors (Lipinski definition) is 1. The SMILES string of the molecule is NC(=O)c1cn(C(F)(F)F)c2ncccc12. The first-order valence-electron chi connectivity index (χ1n) is 4.24. The number of nitrogens with two attached hydrogens (primary N) is 1. The van der Waals surface area contributed by atoms with Crippen LogP contribution in [0.5, 0.6) is 0 Å². The van der Waals surface area contributed by atoms with Gasteiger partial charge in [-0.2, -0.15) is 0 Å². The molecule has 7 heteroatoms. The molecule has 1 amide bonds. The van der Waals surface area contributed by atoms with Crippen molar-refractivity contribution in [2.75, 3.05) is 0 Å². The molecule has 0 bridgehead atoms. The van der Waals surface area contributed by atoms with E-state index in [0.717, 1.165) is 0 Å². The molecular formula is C9H6F3N3O. The molecular weight excluding hydrogens is 223 g/mol. The Labute approximate surface area is 87.5 Å². The van der Waals surface area contributed by atoms with E-state index in [0.29, 0.717) is 6.20 Å². The Morgan fingerprint density at radius 2 is 2.12 bits per heavy atom. The number of fused-ring (bicyclic) bond motifs is 1. The number of pyridine rings is 1. The third kappa shape index (κ3) is 1.50. The molecule has 0 spiro atoms. The Morgan fingerprint density at radius 1 is 1.44 bits per heavy atom. The van der Waals surface area contributed by atoms with E-state index in [1.54, 1.807) is 0 Å². The summed E-state index contributed by atoms with van der Waals surface area (Å²) in [6, 6.07) is 2.81. The van der Waals surface area contributed by atoms with Crippen molar-refractivity contribution in [3.05, 3.63) is 30.1 Å². The van der Waals surface area contributed by atoms with E-state index in [1.165, 1.54) is 18.3 Å². The van der Waals surface area contributed by atoms with E-state index in [2.05, 4.69) is 4.98 Å². The highest BCUT2D eigenvalue weighted by Gasteiger charge is 2.34. The number of nitrogens with zero attached hydrogens (tertiary/aromatic N) is 2. The minimum absolute atomic E-state index is 0.0254. The molecule has 0 saturated heterocycles. The van der Waals surface area contributed by atoms with Crippen LogP contribution in [-0.2, 0) is 6.30 Å². The highest BCUT2D eigenvalue weighted by atomic mass is 19.4. The maximum Gasteiger partial charge on any atom is 0.490 e. The van der Waals surface area contributed by atoms with Crippen molar-refractivity contribution in [2.24, 2.45) is 5.73 Å². The second kappa shape index (κ2) is 3.22. The molecule has 0 aliphatic heterocycles. The van der Waals surface area contributed by atoms with Gasteiger partial charge < -0.3 is 5.73 Å². The van der Waals surface area contributed by atoms with E-state index in [9.17, 15) is 18.0 Å². The smallest absolute Gasteiger partial charge is 0.366 e. The van der Waals surface area contributed by atoms with E-state index < -0.39 is 12.2 Å². The van der Waals surface area contributed by atoms with Crippen LogP contribution in [0.1, 0.15) is 10.4 Å². The Balaban J connectivity index is 2.82. The highest BCUT2D eigenvalue weighted by Crippen LogP contribution is 2.29. The highest BCUT2D eigenvalue weighted by molar-refractivity contribution is 6.05. The maximum absolute atomic E-state index is 12.6. The van der Waals surface area contributed by atoms with Crippen LogP contribution in [0.15, 0.2) is 24.5 Å². The van der Waals surface area contributed by atoms with Gasteiger partial charge >= 0.3 is 6.30 Å². The van der Waals surface area contributed by atoms with Crippen LogP contribution in [0.2, 0.25) is 0 Å². The molecule has 2 heterocycles. The monoisotopic (exact) mass is 229 g/mol. The van der Waals surface area contributed by atoms with E-state index in [1.807, 2.05) is 0 Å². The number of primary amides is 1. The van der Waals surface area contributed by atoms with Crippen molar-refractivity contribution in [3.8, 4) is 0 Å². The van der Waals surface area contributed by atoms with Crippen molar-refractivity contribution < 1.29 is 18.0 Å². The lowest BCUT2D eigenvalue weighted by molar-refractivity contribution is -0.201. The summed E-state index contributed by atoms with van der Waals surface area (Å²) in [6.07, 6.45) is -2.75. The maximum atomic E-state index is 12.6. The van der Waals surface area contributed by atoms with Gasteiger partial charge in [-0.1, -0.05) is 0 Å². The van der Waals surface area contributed by atoms with Crippen molar-refractivity contribution in [2.45, 2.75) is 6.30 Å². The number of amides is 1. The third-order valence-corrected chi connectivity index (χ3v) is 2.10. The zero-order valence-electron chi connectivity index (χ0n) is 7.82. The molecule has 2 rings (SSSR count). The fourth-order valence-corrected chi connectivity index (χ4v) is 1.45. The van der Waals surface area contributed by atoms with Gasteiger partial charge in [0.15, 0.2) is 0 Å². The molecule has 0 aliphatic rings. The van der Waals surface area contributed by atoms with Gasteiger partial charge in [0.25, 0.3) is 5.91 Å². The predicted octanol–water partition coefficient (Wildman–Crippen LogP) is 1.61. The summed E-state index contributed by atoms with van der Waals surface area (Å²) in [5.41, 5.74) is 4.47. The van der Waals surface area contributed by atoms with Crippen LogP contribution in [0.25, 0.3) is 11.0 Å². The lowest BCUT2D eigenvalue weighted by Crippen LogP contribution is -2.16. The van der Waals surface area contributed by atoms with Crippen LogP contribution in [0.3, 0.4) is 0 Å². The first kappa shape index (κ1) is 10.5. The predicted molar refractivity (Wildman–Crippen MR) is 49.5 cm³/mol. The van der Waals surface area contributed by atoms with Gasteiger partial charge in [0.2, 0.25) is 0 Å². The average molecular weight is 229 g/mol. The summed E-state index contributed by atoms with van der Waals surface area (Å²) < 4.78 is 37.7. The Morgan fingerprint density at radius 3 is 2.69 bits per heavy atom. The molecule has 2 aromatic rings. The molecule has 0 fully saturated rings. The molecule has 84 valence electrons. The van der Waals surface area contributed by atoms with Gasteiger partial charge in [-0.25, -0.2) is 9.55 Å². The van der Waals surface area contributed by atoms with Gasteiger partial charge in [-0.05, 0) is 12.1 Å². The summed E-state index contributed by atoms with van der Waals surface area (Å²) >= 11 is 0. The molecule has 4 nitrogen and oxygen atoms in total. The third-order valence-electron chi connectivity index (χ3n) is 2.10. The normalized spacial score (nSPS) is 11.9. The van der Waals surface area contributed by atoms with Crippen molar-refractivity contribution in [3.63, 3.8) is 0 Å². The van der Waals surface area contributed by atoms with Crippen LogP contribution in [0.4, 0.5) is 13.2 Å². The van der Waals surface area contributed by atoms with Crippen LogP contribution in [0, 0.1) is 0 Å². The molecule has 0 radical (unpaired) electrons. The van der Waals surface area contributed by atoms with Crippen LogP contribution in [-0.4, -0.2) is 15.5 Å². The minimum atomic E-state index is -4.62. The zero-order valence-corrected chi connectivity index (χ0v) is 7.82. The number of alkyl halides is 3. The number of rotatable bonds is 1. The first-order valence-corrected chi connectivity index (χ1v) is 4.24. The lowest BCUT2D eigenvalue weighted by atomic mass is 10.2. The minimum Gasteiger partial charge on any atom is -0.366 e. The Hall–Kier alpha value is -2.05. The summed E-state index contributed by atoms with van der Waals surface area (Å²) in [7, 11) is 0. The molecule has 16 heavy (non-hydrogen) atoms. The first-order chi connectivity index (χ1) is 7.41. The molecule has 0 saturated carbocycles. The summed E-state index contributed by atoms with van der Waals surface area (Å²) in [4.78, 5) is 14.6. The second-order valence-electron chi connectivity index (χ2n) is 3.12. The molecule has 0 unspecified atom stereocenters. The van der Waals surface area contributed by atoms with Gasteiger partial charge in [0.05, 0.1) is 5.56 Å². The number of aromatic nitrogens is 2. The molecule has 0 aliphatic carbocycles. The van der Waals surface area contributed by atoms with Gasteiger partial charge in [-0.15, -0.1) is 13.2 Å². The number of carbonyl (C=O) groups excluding carboxylic acids is 1. The molecule has 0 atom stereocenters.